The molecule has 0 aliphatic carbocycles. The molecule has 1 aromatic carbocycles. The zero-order valence-electron chi connectivity index (χ0n) is 15.9. The predicted molar refractivity (Wildman–Crippen MR) is 108 cm³/mol. The molecule has 2 heterocycles. The SMILES string of the molecule is Cc1ccccc1C1(CNC(=O)CCC2CCNCC2)CCOCC1.Cl. The van der Waals surface area contributed by atoms with E-state index in [1.165, 1.54) is 24.0 Å². The van der Waals surface area contributed by atoms with Crippen LogP contribution < -0.4 is 10.6 Å². The highest BCUT2D eigenvalue weighted by atomic mass is 35.5. The Kier molecular flexibility index (Phi) is 8.39. The number of nitrogens with one attached hydrogen (secondary N) is 2. The minimum Gasteiger partial charge on any atom is -0.381 e. The average Bonchev–Trinajstić information content (AvgIpc) is 2.67. The van der Waals surface area contributed by atoms with Crippen molar-refractivity contribution in [2.45, 2.75) is 50.9 Å². The van der Waals surface area contributed by atoms with Gasteiger partial charge in [0.2, 0.25) is 5.91 Å². The molecule has 5 heteroatoms. The van der Waals surface area contributed by atoms with Crippen LogP contribution in [0.1, 0.15) is 49.7 Å². The number of ether oxygens (including phenoxy) is 1. The number of hydrogen-bond donors (Lipinski definition) is 2. The van der Waals surface area contributed by atoms with E-state index in [-0.39, 0.29) is 23.7 Å². The Morgan fingerprint density at radius 3 is 2.62 bits per heavy atom. The van der Waals surface area contributed by atoms with Crippen LogP contribution in [0.15, 0.2) is 24.3 Å². The Hall–Kier alpha value is -1.10. The van der Waals surface area contributed by atoms with Gasteiger partial charge in [-0.2, -0.15) is 0 Å². The molecule has 1 aromatic rings. The summed E-state index contributed by atoms with van der Waals surface area (Å²) in [4.78, 5) is 12.4. The van der Waals surface area contributed by atoms with Crippen molar-refractivity contribution in [1.29, 1.82) is 0 Å². The van der Waals surface area contributed by atoms with Crippen LogP contribution in [-0.2, 0) is 14.9 Å². The molecule has 4 nitrogen and oxygen atoms in total. The molecule has 26 heavy (non-hydrogen) atoms. The summed E-state index contributed by atoms with van der Waals surface area (Å²) < 4.78 is 5.60. The van der Waals surface area contributed by atoms with E-state index in [0.717, 1.165) is 52.1 Å². The number of aryl methyl sites for hydroxylation is 1. The van der Waals surface area contributed by atoms with Crippen molar-refractivity contribution < 1.29 is 9.53 Å². The third-order valence-corrected chi connectivity index (χ3v) is 6.03. The first kappa shape index (κ1) is 21.2. The van der Waals surface area contributed by atoms with Gasteiger partial charge in [-0.3, -0.25) is 4.79 Å². The third kappa shape index (κ3) is 5.45. The molecule has 0 aromatic heterocycles. The van der Waals surface area contributed by atoms with Crippen molar-refractivity contribution in [2.24, 2.45) is 5.92 Å². The van der Waals surface area contributed by atoms with Crippen LogP contribution in [0, 0.1) is 12.8 Å². The molecule has 146 valence electrons. The standard InChI is InChI=1S/C21H32N2O2.ClH/c1-17-4-2-3-5-19(17)21(10-14-25-15-11-21)16-23-20(24)7-6-18-8-12-22-13-9-18;/h2-5,18,22H,6-16H2,1H3,(H,23,24);1H. The molecule has 0 spiro atoms. The van der Waals surface area contributed by atoms with Gasteiger partial charge < -0.3 is 15.4 Å². The van der Waals surface area contributed by atoms with Crippen LogP contribution in [0.2, 0.25) is 0 Å². The minimum absolute atomic E-state index is 0. The Labute approximate surface area is 163 Å². The molecule has 0 unspecified atom stereocenters. The topological polar surface area (TPSA) is 50.4 Å². The molecule has 0 atom stereocenters. The average molecular weight is 381 g/mol. The second-order valence-electron chi connectivity index (χ2n) is 7.72. The van der Waals surface area contributed by atoms with Crippen molar-refractivity contribution in [2.75, 3.05) is 32.8 Å². The Bertz CT molecular complexity index is 567. The van der Waals surface area contributed by atoms with Crippen LogP contribution in [0.5, 0.6) is 0 Å². The maximum absolute atomic E-state index is 12.4. The van der Waals surface area contributed by atoms with Gasteiger partial charge in [0.1, 0.15) is 0 Å². The molecule has 1 amide bonds. The summed E-state index contributed by atoms with van der Waals surface area (Å²) in [6.07, 6.45) is 6.05. The molecule has 2 N–H and O–H groups in total. The van der Waals surface area contributed by atoms with E-state index in [1.807, 2.05) is 0 Å². The van der Waals surface area contributed by atoms with E-state index in [4.69, 9.17) is 4.74 Å². The van der Waals surface area contributed by atoms with Crippen LogP contribution >= 0.6 is 12.4 Å². The Morgan fingerprint density at radius 1 is 1.23 bits per heavy atom. The first-order valence-electron chi connectivity index (χ1n) is 9.81. The summed E-state index contributed by atoms with van der Waals surface area (Å²) in [6, 6.07) is 8.59. The first-order chi connectivity index (χ1) is 12.2. The monoisotopic (exact) mass is 380 g/mol. The van der Waals surface area contributed by atoms with Crippen LogP contribution in [0.25, 0.3) is 0 Å². The number of halogens is 1. The van der Waals surface area contributed by atoms with Gasteiger partial charge in [0.25, 0.3) is 0 Å². The summed E-state index contributed by atoms with van der Waals surface area (Å²) in [6.45, 7) is 6.65. The smallest absolute Gasteiger partial charge is 0.220 e. The summed E-state index contributed by atoms with van der Waals surface area (Å²) >= 11 is 0. The van der Waals surface area contributed by atoms with E-state index in [1.54, 1.807) is 0 Å². The summed E-state index contributed by atoms with van der Waals surface area (Å²) in [5.74, 6) is 0.915. The summed E-state index contributed by atoms with van der Waals surface area (Å²) in [5, 5.41) is 6.63. The van der Waals surface area contributed by atoms with Crippen molar-refractivity contribution >= 4 is 18.3 Å². The molecular formula is C21H33ClN2O2. The van der Waals surface area contributed by atoms with Gasteiger partial charge in [-0.1, -0.05) is 24.3 Å². The highest BCUT2D eigenvalue weighted by Crippen LogP contribution is 2.36. The summed E-state index contributed by atoms with van der Waals surface area (Å²) in [5.41, 5.74) is 2.71. The highest BCUT2D eigenvalue weighted by Gasteiger charge is 2.35. The van der Waals surface area contributed by atoms with Gasteiger partial charge in [-0.05, 0) is 69.2 Å². The number of hydrogen-bond acceptors (Lipinski definition) is 3. The Morgan fingerprint density at radius 2 is 1.92 bits per heavy atom. The fourth-order valence-electron chi connectivity index (χ4n) is 4.33. The zero-order valence-corrected chi connectivity index (χ0v) is 16.7. The quantitative estimate of drug-likeness (QED) is 0.795. The first-order valence-corrected chi connectivity index (χ1v) is 9.81. The molecule has 2 saturated heterocycles. The highest BCUT2D eigenvalue weighted by molar-refractivity contribution is 5.85. The molecular weight excluding hydrogens is 348 g/mol. The maximum atomic E-state index is 12.4. The van der Waals surface area contributed by atoms with Gasteiger partial charge in [0.05, 0.1) is 0 Å². The van der Waals surface area contributed by atoms with Gasteiger partial charge in [-0.15, -0.1) is 12.4 Å². The number of carbonyl (C=O) groups is 1. The van der Waals surface area contributed by atoms with E-state index in [0.29, 0.717) is 12.3 Å². The molecule has 2 fully saturated rings. The zero-order chi connectivity index (χ0) is 17.5. The number of benzene rings is 1. The fraction of sp³-hybridized carbons (Fsp3) is 0.667. The lowest BCUT2D eigenvalue weighted by molar-refractivity contribution is -0.122. The van der Waals surface area contributed by atoms with Crippen molar-refractivity contribution in [1.82, 2.24) is 10.6 Å². The van der Waals surface area contributed by atoms with Gasteiger partial charge >= 0.3 is 0 Å². The molecule has 0 radical (unpaired) electrons. The number of carbonyl (C=O) groups excluding carboxylic acids is 1. The maximum Gasteiger partial charge on any atom is 0.220 e. The van der Waals surface area contributed by atoms with Gasteiger partial charge in [-0.25, -0.2) is 0 Å². The molecule has 2 aliphatic heterocycles. The molecule has 0 saturated carbocycles. The van der Waals surface area contributed by atoms with Crippen LogP contribution in [0.3, 0.4) is 0 Å². The third-order valence-electron chi connectivity index (χ3n) is 6.03. The second kappa shape index (κ2) is 10.3. The second-order valence-corrected chi connectivity index (χ2v) is 7.72. The normalized spacial score (nSPS) is 20.2. The minimum atomic E-state index is 0. The van der Waals surface area contributed by atoms with Crippen LogP contribution in [-0.4, -0.2) is 38.8 Å². The Balaban J connectivity index is 0.00000243. The van der Waals surface area contributed by atoms with Crippen LogP contribution in [0.4, 0.5) is 0 Å². The van der Waals surface area contributed by atoms with E-state index >= 15 is 0 Å². The number of rotatable bonds is 6. The van der Waals surface area contributed by atoms with E-state index in [9.17, 15) is 4.79 Å². The lowest BCUT2D eigenvalue weighted by Gasteiger charge is -2.39. The molecule has 0 bridgehead atoms. The molecule has 2 aliphatic rings. The number of piperidine rings is 1. The van der Waals surface area contributed by atoms with E-state index in [2.05, 4.69) is 41.8 Å². The fourth-order valence-corrected chi connectivity index (χ4v) is 4.33. The largest absolute Gasteiger partial charge is 0.381 e. The summed E-state index contributed by atoms with van der Waals surface area (Å²) in [7, 11) is 0. The van der Waals surface area contributed by atoms with Crippen molar-refractivity contribution in [3.8, 4) is 0 Å². The van der Waals surface area contributed by atoms with Gasteiger partial charge in [0.15, 0.2) is 0 Å². The lowest BCUT2D eigenvalue weighted by Crippen LogP contribution is -2.45. The van der Waals surface area contributed by atoms with Gasteiger partial charge in [0, 0.05) is 31.6 Å². The molecule has 3 rings (SSSR count). The lowest BCUT2D eigenvalue weighted by atomic mass is 9.72. The van der Waals surface area contributed by atoms with Crippen molar-refractivity contribution in [3.63, 3.8) is 0 Å². The number of amides is 1. The van der Waals surface area contributed by atoms with E-state index < -0.39 is 0 Å². The predicted octanol–water partition coefficient (Wildman–Crippen LogP) is 3.36. The van der Waals surface area contributed by atoms with Crippen molar-refractivity contribution in [3.05, 3.63) is 35.4 Å².